The quantitative estimate of drug-likeness (QED) is 0.321. The van der Waals surface area contributed by atoms with Crippen molar-refractivity contribution < 1.29 is 17.9 Å². The van der Waals surface area contributed by atoms with Crippen LogP contribution in [0.2, 0.25) is 0 Å². The van der Waals surface area contributed by atoms with E-state index in [1.807, 2.05) is 0 Å². The Kier molecular flexibility index (Phi) is 4.60. The van der Waals surface area contributed by atoms with Crippen molar-refractivity contribution in [3.05, 3.63) is 58.0 Å². The summed E-state index contributed by atoms with van der Waals surface area (Å²) in [5, 5.41) is 8.15. The van der Waals surface area contributed by atoms with Gasteiger partial charge in [-0.25, -0.2) is 8.78 Å². The number of rotatable bonds is 3. The fourth-order valence-corrected chi connectivity index (χ4v) is 3.18. The zero-order valence-corrected chi connectivity index (χ0v) is 14.6. The zero-order valence-electron chi connectivity index (χ0n) is 12.2. The van der Waals surface area contributed by atoms with Crippen LogP contribution >= 0.6 is 27.7 Å². The third kappa shape index (κ3) is 2.80. The number of aromatic amines is 1. The lowest BCUT2D eigenvalue weighted by Gasteiger charge is -2.12. The van der Waals surface area contributed by atoms with Crippen LogP contribution in [0, 0.1) is 22.9 Å². The Balaban J connectivity index is 2.09. The monoisotopic (exact) mass is 414 g/mol. The Labute approximate surface area is 147 Å². The topological polar surface area (TPSA) is 48.9 Å². The molecule has 2 N–H and O–H groups in total. The van der Waals surface area contributed by atoms with Gasteiger partial charge in [-0.3, -0.25) is 5.41 Å². The molecule has 0 fully saturated rings. The number of benzene rings is 2. The minimum atomic E-state index is -1.16. The van der Waals surface area contributed by atoms with Crippen molar-refractivity contribution >= 4 is 43.6 Å². The molecule has 2 aromatic carbocycles. The molecule has 0 aliphatic rings. The van der Waals surface area contributed by atoms with Crippen molar-refractivity contribution in [2.45, 2.75) is 0 Å². The Morgan fingerprint density at radius 2 is 1.96 bits per heavy atom. The predicted molar refractivity (Wildman–Crippen MR) is 92.7 cm³/mol. The summed E-state index contributed by atoms with van der Waals surface area (Å²) >= 11 is 4.27. The van der Waals surface area contributed by atoms with E-state index in [0.29, 0.717) is 5.39 Å². The van der Waals surface area contributed by atoms with E-state index >= 15 is 0 Å². The molecular weight excluding hydrogens is 405 g/mol. The number of hydrogen-bond donors (Lipinski definition) is 2. The Morgan fingerprint density at radius 3 is 2.67 bits per heavy atom. The summed E-state index contributed by atoms with van der Waals surface area (Å²) in [7, 11) is 0. The van der Waals surface area contributed by atoms with Crippen molar-refractivity contribution in [2.75, 3.05) is 6.26 Å². The van der Waals surface area contributed by atoms with E-state index in [0.717, 1.165) is 17.8 Å². The molecule has 0 aliphatic carbocycles. The van der Waals surface area contributed by atoms with Crippen molar-refractivity contribution in [1.29, 1.82) is 5.41 Å². The highest BCUT2D eigenvalue weighted by Gasteiger charge is 2.21. The van der Waals surface area contributed by atoms with E-state index in [9.17, 15) is 13.2 Å². The van der Waals surface area contributed by atoms with Gasteiger partial charge in [0.2, 0.25) is 5.82 Å². The molecule has 0 radical (unpaired) electrons. The van der Waals surface area contributed by atoms with Gasteiger partial charge in [0.1, 0.15) is 11.6 Å². The Hall–Kier alpha value is -1.93. The van der Waals surface area contributed by atoms with Gasteiger partial charge in [-0.2, -0.15) is 4.39 Å². The molecule has 0 saturated heterocycles. The average molecular weight is 415 g/mol. The third-order valence-electron chi connectivity index (χ3n) is 3.40. The fourth-order valence-electron chi connectivity index (χ4n) is 2.22. The number of thioether (sulfide) groups is 1. The van der Waals surface area contributed by atoms with Crippen LogP contribution in [-0.2, 0) is 0 Å². The second kappa shape index (κ2) is 6.52. The first-order valence-electron chi connectivity index (χ1n) is 6.68. The second-order valence-electron chi connectivity index (χ2n) is 4.81. The van der Waals surface area contributed by atoms with Crippen LogP contribution < -0.4 is 4.74 Å². The first kappa shape index (κ1) is 16.9. The molecule has 3 aromatic rings. The molecule has 0 bridgehead atoms. The molecule has 1 heterocycles. The number of nitrogens with one attached hydrogen (secondary N) is 2. The van der Waals surface area contributed by atoms with E-state index in [-0.39, 0.29) is 32.1 Å². The summed E-state index contributed by atoms with van der Waals surface area (Å²) in [6.45, 7) is 0. The van der Waals surface area contributed by atoms with Crippen LogP contribution in [0.4, 0.5) is 13.2 Å². The van der Waals surface area contributed by atoms with Crippen LogP contribution in [0.5, 0.6) is 11.5 Å². The van der Waals surface area contributed by atoms with E-state index in [1.54, 1.807) is 12.3 Å². The van der Waals surface area contributed by atoms with Gasteiger partial charge in [0.15, 0.2) is 11.6 Å². The molecule has 3 nitrogen and oxygen atoms in total. The third-order valence-corrected chi connectivity index (χ3v) is 4.82. The zero-order chi connectivity index (χ0) is 17.4. The molecule has 0 aliphatic heterocycles. The maximum Gasteiger partial charge on any atom is 0.204 e. The van der Waals surface area contributed by atoms with Crippen molar-refractivity contribution in [3.8, 4) is 11.5 Å². The van der Waals surface area contributed by atoms with E-state index in [1.165, 1.54) is 18.3 Å². The molecule has 0 amide bonds. The van der Waals surface area contributed by atoms with Gasteiger partial charge in [0.05, 0.1) is 15.0 Å². The number of ether oxygens (including phenoxy) is 1. The number of H-pyrrole nitrogens is 1. The molecule has 0 saturated carbocycles. The van der Waals surface area contributed by atoms with Crippen LogP contribution in [0.25, 0.3) is 10.9 Å². The highest BCUT2D eigenvalue weighted by atomic mass is 79.9. The van der Waals surface area contributed by atoms with Gasteiger partial charge in [0, 0.05) is 17.1 Å². The summed E-state index contributed by atoms with van der Waals surface area (Å²) in [5.41, 5.74) is 0.0513. The van der Waals surface area contributed by atoms with Crippen molar-refractivity contribution in [1.82, 2.24) is 4.98 Å². The van der Waals surface area contributed by atoms with Gasteiger partial charge in [-0.1, -0.05) is 0 Å². The van der Waals surface area contributed by atoms with Gasteiger partial charge in [0.25, 0.3) is 0 Å². The number of aromatic nitrogens is 1. The highest BCUT2D eigenvalue weighted by molar-refractivity contribution is 9.10. The first-order chi connectivity index (χ1) is 11.4. The van der Waals surface area contributed by atoms with E-state index in [4.69, 9.17) is 10.1 Å². The molecule has 0 unspecified atom stereocenters. The minimum absolute atomic E-state index is 0.00440. The summed E-state index contributed by atoms with van der Waals surface area (Å²) < 4.78 is 47.8. The lowest BCUT2D eigenvalue weighted by atomic mass is 10.2. The minimum Gasteiger partial charge on any atom is -0.453 e. The average Bonchev–Trinajstić information content (AvgIpc) is 3.07. The lowest BCUT2D eigenvalue weighted by Crippen LogP contribution is -1.99. The van der Waals surface area contributed by atoms with E-state index in [2.05, 4.69) is 20.9 Å². The predicted octanol–water partition coefficient (Wildman–Crippen LogP) is 5.83. The Morgan fingerprint density at radius 1 is 1.21 bits per heavy atom. The SMILES string of the molecule is CSC(=N)c1cc(Oc2c(F)c(F)c3[nH]ccc3c2Br)ccc1F. The number of halogens is 4. The largest absolute Gasteiger partial charge is 0.453 e. The normalized spacial score (nSPS) is 11.0. The van der Waals surface area contributed by atoms with Gasteiger partial charge in [-0.15, -0.1) is 11.8 Å². The van der Waals surface area contributed by atoms with Crippen LogP contribution in [0.15, 0.2) is 34.9 Å². The number of hydrogen-bond acceptors (Lipinski definition) is 3. The fraction of sp³-hybridized carbons (Fsp3) is 0.0625. The smallest absolute Gasteiger partial charge is 0.204 e. The second-order valence-corrected chi connectivity index (χ2v) is 6.42. The molecule has 8 heteroatoms. The summed E-state index contributed by atoms with van der Waals surface area (Å²) in [5.74, 6) is -3.06. The summed E-state index contributed by atoms with van der Waals surface area (Å²) in [6, 6.07) is 5.26. The molecule has 3 rings (SSSR count). The van der Waals surface area contributed by atoms with Crippen molar-refractivity contribution in [3.63, 3.8) is 0 Å². The molecule has 0 spiro atoms. The standard InChI is InChI=1S/C16H10BrF3N2OS/c1-24-16(21)9-6-7(2-3-10(9)18)23-15-11(17)8-4-5-22-14(8)12(19)13(15)20/h2-6,21-22H,1H3. The van der Waals surface area contributed by atoms with Gasteiger partial charge in [-0.05, 0) is 46.5 Å². The van der Waals surface area contributed by atoms with Crippen LogP contribution in [-0.4, -0.2) is 16.3 Å². The Bertz CT molecular complexity index is 958. The first-order valence-corrected chi connectivity index (χ1v) is 8.69. The molecule has 0 atom stereocenters. The summed E-state index contributed by atoms with van der Waals surface area (Å²) in [6.07, 6.45) is 3.12. The molecule has 1 aromatic heterocycles. The van der Waals surface area contributed by atoms with Gasteiger partial charge >= 0.3 is 0 Å². The highest BCUT2D eigenvalue weighted by Crippen LogP contribution is 2.40. The maximum absolute atomic E-state index is 14.3. The molecule has 124 valence electrons. The van der Waals surface area contributed by atoms with Crippen LogP contribution in [0.1, 0.15) is 5.56 Å². The van der Waals surface area contributed by atoms with Crippen LogP contribution in [0.3, 0.4) is 0 Å². The van der Waals surface area contributed by atoms with E-state index < -0.39 is 17.5 Å². The summed E-state index contributed by atoms with van der Waals surface area (Å²) in [4.78, 5) is 2.62. The maximum atomic E-state index is 14.3. The molecular formula is C16H10BrF3N2OS. The van der Waals surface area contributed by atoms with Gasteiger partial charge < -0.3 is 9.72 Å². The number of fused-ring (bicyclic) bond motifs is 1. The van der Waals surface area contributed by atoms with Crippen molar-refractivity contribution in [2.24, 2.45) is 0 Å². The lowest BCUT2D eigenvalue weighted by molar-refractivity contribution is 0.416. The molecule has 24 heavy (non-hydrogen) atoms.